The fourth-order valence-electron chi connectivity index (χ4n) is 3.87. The number of nitrogens with zero attached hydrogens (tertiary/aromatic N) is 1. The number of hydrogen-bond donors (Lipinski definition) is 3. The average Bonchev–Trinajstić information content (AvgIpc) is 2.78. The first kappa shape index (κ1) is 26.2. The highest BCUT2D eigenvalue weighted by Gasteiger charge is 2.39. The monoisotopic (exact) mass is 492 g/mol. The molecule has 3 rings (SSSR count). The molecule has 1 heterocycles. The number of aromatic carboxylic acids is 1. The first-order chi connectivity index (χ1) is 16.3. The van der Waals surface area contributed by atoms with Gasteiger partial charge in [0.2, 0.25) is 5.56 Å². The fourth-order valence-corrected chi connectivity index (χ4v) is 5.18. The molecule has 1 atom stereocenters. The number of phenolic OH excluding ortho intramolecular Hbond substituents is 1. The summed E-state index contributed by atoms with van der Waals surface area (Å²) in [7, 11) is -2.17. The molecule has 0 unspecified atom stereocenters. The van der Waals surface area contributed by atoms with Crippen molar-refractivity contribution in [1.29, 1.82) is 5.26 Å². The number of fused-ring (bicyclic) bond motifs is 1. The molecule has 0 saturated carbocycles. The third-order valence-corrected chi connectivity index (χ3v) is 11.3. The molecule has 3 N–H and O–H groups in total. The Hall–Kier alpha value is -3.41. The summed E-state index contributed by atoms with van der Waals surface area (Å²) in [5, 5.41) is 29.6. The van der Waals surface area contributed by atoms with Crippen molar-refractivity contribution < 1.29 is 19.4 Å². The second kappa shape index (κ2) is 10.1. The number of carbonyl (C=O) groups is 1. The van der Waals surface area contributed by atoms with Gasteiger partial charge in [-0.3, -0.25) is 4.79 Å². The Bertz CT molecular complexity index is 1350. The van der Waals surface area contributed by atoms with Crippen LogP contribution in [0.15, 0.2) is 47.3 Å². The molecule has 0 aliphatic heterocycles. The van der Waals surface area contributed by atoms with Gasteiger partial charge in [-0.1, -0.05) is 32.9 Å². The zero-order valence-electron chi connectivity index (χ0n) is 20.8. The molecule has 2 aromatic carbocycles. The van der Waals surface area contributed by atoms with Crippen molar-refractivity contribution in [3.63, 3.8) is 0 Å². The number of pyridine rings is 1. The molecule has 7 nitrogen and oxygen atoms in total. The number of nitrogens with one attached hydrogen (secondary N) is 1. The number of carboxylic acids is 1. The van der Waals surface area contributed by atoms with Crippen molar-refractivity contribution in [1.82, 2.24) is 4.98 Å². The molecular formula is C27H32N2O5Si. The van der Waals surface area contributed by atoms with Crippen LogP contribution >= 0.6 is 0 Å². The number of aromatic nitrogens is 1. The van der Waals surface area contributed by atoms with Crippen LogP contribution in [0.25, 0.3) is 10.9 Å². The Kier molecular flexibility index (Phi) is 7.53. The van der Waals surface area contributed by atoms with Crippen molar-refractivity contribution in [3.8, 4) is 11.8 Å². The van der Waals surface area contributed by atoms with E-state index >= 15 is 0 Å². The summed E-state index contributed by atoms with van der Waals surface area (Å²) in [6.45, 7) is 10.9. The summed E-state index contributed by atoms with van der Waals surface area (Å²) in [6.07, 6.45) is 1.80. The minimum Gasteiger partial charge on any atom is -0.506 e. The van der Waals surface area contributed by atoms with Crippen LogP contribution in [0.5, 0.6) is 5.75 Å². The van der Waals surface area contributed by atoms with Crippen LogP contribution in [0.1, 0.15) is 66.8 Å². The van der Waals surface area contributed by atoms with E-state index in [-0.39, 0.29) is 33.6 Å². The molecule has 184 valence electrons. The predicted molar refractivity (Wildman–Crippen MR) is 138 cm³/mol. The number of phenols is 1. The summed E-state index contributed by atoms with van der Waals surface area (Å²) in [5.74, 6) is -1.11. The van der Waals surface area contributed by atoms with E-state index in [1.807, 2.05) is 12.1 Å². The number of H-pyrrole nitrogens is 1. The summed E-state index contributed by atoms with van der Waals surface area (Å²) in [6, 6.07) is 13.4. The highest BCUT2D eigenvalue weighted by molar-refractivity contribution is 6.74. The number of benzene rings is 2. The van der Waals surface area contributed by atoms with Gasteiger partial charge in [-0.2, -0.15) is 5.26 Å². The van der Waals surface area contributed by atoms with Gasteiger partial charge in [0.1, 0.15) is 11.8 Å². The van der Waals surface area contributed by atoms with Gasteiger partial charge in [0.15, 0.2) is 8.32 Å². The van der Waals surface area contributed by atoms with Gasteiger partial charge in [0.05, 0.1) is 22.7 Å². The summed E-state index contributed by atoms with van der Waals surface area (Å²) in [4.78, 5) is 25.9. The molecular weight excluding hydrogens is 460 g/mol. The minimum absolute atomic E-state index is 0.0000536. The third-order valence-electron chi connectivity index (χ3n) is 6.86. The van der Waals surface area contributed by atoms with Crippen molar-refractivity contribution in [2.45, 2.75) is 64.3 Å². The number of aromatic hydroxyl groups is 1. The van der Waals surface area contributed by atoms with E-state index in [0.29, 0.717) is 18.4 Å². The standard InChI is InChI=1S/C27H32N2O5Si/c1-27(2,3)35(4,5)34-23(20-11-13-22(30)25-21(20)12-14-24(31)29-25)8-6-7-17-9-10-19(26(32)33)18(15-17)16-28/h9-15,23,30H,6-8H2,1-5H3,(H,29,31)(H,32,33)/t23-/m0/s1. The lowest BCUT2D eigenvalue weighted by Crippen LogP contribution is -2.41. The average molecular weight is 493 g/mol. The van der Waals surface area contributed by atoms with Crippen molar-refractivity contribution in [2.24, 2.45) is 0 Å². The smallest absolute Gasteiger partial charge is 0.337 e. The lowest BCUT2D eigenvalue weighted by molar-refractivity contribution is 0.0696. The maximum atomic E-state index is 11.9. The number of nitriles is 1. The highest BCUT2D eigenvalue weighted by Crippen LogP contribution is 2.42. The van der Waals surface area contributed by atoms with Crippen molar-refractivity contribution >= 4 is 25.2 Å². The van der Waals surface area contributed by atoms with E-state index in [1.54, 1.807) is 24.3 Å². The molecule has 0 aliphatic carbocycles. The number of carboxylic acid groups (broad SMARTS) is 1. The molecule has 0 fully saturated rings. The number of aryl methyl sites for hydroxylation is 1. The molecule has 0 saturated heterocycles. The lowest BCUT2D eigenvalue weighted by Gasteiger charge is -2.39. The van der Waals surface area contributed by atoms with Crippen molar-refractivity contribution in [3.05, 3.63) is 75.1 Å². The fraction of sp³-hybridized carbons (Fsp3) is 0.370. The van der Waals surface area contributed by atoms with E-state index in [4.69, 9.17) is 4.43 Å². The van der Waals surface area contributed by atoms with Crippen molar-refractivity contribution in [2.75, 3.05) is 0 Å². The van der Waals surface area contributed by atoms with Crippen LogP contribution in [0.2, 0.25) is 18.1 Å². The SMILES string of the molecule is CC(C)(C)[Si](C)(C)O[C@@H](CCCc1ccc(C(=O)O)c(C#N)c1)c1ccc(O)c2[nH]c(=O)ccc12. The van der Waals surface area contributed by atoms with Crippen LogP contribution in [-0.2, 0) is 10.8 Å². The third kappa shape index (κ3) is 5.81. The van der Waals surface area contributed by atoms with E-state index < -0.39 is 14.3 Å². The molecule has 1 aromatic heterocycles. The summed E-state index contributed by atoms with van der Waals surface area (Å²) < 4.78 is 6.84. The van der Waals surface area contributed by atoms with E-state index in [2.05, 4.69) is 38.8 Å². The molecule has 0 aliphatic rings. The number of aromatic amines is 1. The minimum atomic E-state index is -2.17. The van der Waals surface area contributed by atoms with E-state index in [0.717, 1.165) is 22.9 Å². The van der Waals surface area contributed by atoms with Crippen LogP contribution < -0.4 is 5.56 Å². The lowest BCUT2D eigenvalue weighted by atomic mass is 9.96. The van der Waals surface area contributed by atoms with Gasteiger partial charge in [0.25, 0.3) is 0 Å². The van der Waals surface area contributed by atoms with E-state index in [1.165, 1.54) is 12.1 Å². The Morgan fingerprint density at radius 2 is 1.89 bits per heavy atom. The number of hydrogen-bond acceptors (Lipinski definition) is 5. The Balaban J connectivity index is 1.93. The molecule has 0 amide bonds. The zero-order valence-corrected chi connectivity index (χ0v) is 21.8. The zero-order chi connectivity index (χ0) is 26.0. The number of rotatable bonds is 8. The Labute approximate surface area is 206 Å². The van der Waals surface area contributed by atoms with Crippen LogP contribution in [-0.4, -0.2) is 29.5 Å². The normalized spacial score (nSPS) is 12.9. The molecule has 0 radical (unpaired) electrons. The summed E-state index contributed by atoms with van der Waals surface area (Å²) in [5.41, 5.74) is 2.04. The Morgan fingerprint density at radius 1 is 1.17 bits per heavy atom. The van der Waals surface area contributed by atoms with Crippen LogP contribution in [0.3, 0.4) is 0 Å². The van der Waals surface area contributed by atoms with Crippen LogP contribution in [0.4, 0.5) is 0 Å². The van der Waals surface area contributed by atoms with Gasteiger partial charge < -0.3 is 19.6 Å². The largest absolute Gasteiger partial charge is 0.506 e. The first-order valence-electron chi connectivity index (χ1n) is 11.6. The summed E-state index contributed by atoms with van der Waals surface area (Å²) >= 11 is 0. The second-order valence-corrected chi connectivity index (χ2v) is 15.1. The molecule has 0 spiro atoms. The molecule has 0 bridgehead atoms. The Morgan fingerprint density at radius 3 is 2.51 bits per heavy atom. The van der Waals surface area contributed by atoms with Gasteiger partial charge in [-0.15, -0.1) is 0 Å². The molecule has 35 heavy (non-hydrogen) atoms. The van der Waals surface area contributed by atoms with Gasteiger partial charge in [0, 0.05) is 11.5 Å². The first-order valence-corrected chi connectivity index (χ1v) is 14.5. The second-order valence-electron chi connectivity index (χ2n) is 10.3. The van der Waals surface area contributed by atoms with E-state index in [9.17, 15) is 25.1 Å². The maximum Gasteiger partial charge on any atom is 0.337 e. The molecule has 8 heteroatoms. The predicted octanol–water partition coefficient (Wildman–Crippen LogP) is 5.89. The van der Waals surface area contributed by atoms with Gasteiger partial charge in [-0.05, 0) is 72.8 Å². The topological polar surface area (TPSA) is 123 Å². The van der Waals surface area contributed by atoms with Crippen LogP contribution in [0, 0.1) is 11.3 Å². The maximum absolute atomic E-state index is 11.9. The highest BCUT2D eigenvalue weighted by atomic mass is 28.4. The van der Waals surface area contributed by atoms with Gasteiger partial charge in [-0.25, -0.2) is 4.79 Å². The quantitative estimate of drug-likeness (QED) is 0.337. The molecule has 3 aromatic rings. The van der Waals surface area contributed by atoms with Gasteiger partial charge >= 0.3 is 5.97 Å².